The van der Waals surface area contributed by atoms with Gasteiger partial charge in [0.1, 0.15) is 6.61 Å². The van der Waals surface area contributed by atoms with Gasteiger partial charge in [0.2, 0.25) is 0 Å². The Balaban J connectivity index is 2.27. The first-order valence-corrected chi connectivity index (χ1v) is 5.84. The molecule has 0 saturated heterocycles. The van der Waals surface area contributed by atoms with Crippen LogP contribution in [0.3, 0.4) is 0 Å². The molecule has 0 spiro atoms. The normalized spacial score (nSPS) is 11.2. The Morgan fingerprint density at radius 3 is 2.53 bits per heavy atom. The largest absolute Gasteiger partial charge is 0.461 e. The van der Waals surface area contributed by atoms with Crippen molar-refractivity contribution in [3.05, 3.63) is 35.9 Å². The Kier molecular flexibility index (Phi) is 5.16. The molecule has 1 aromatic carbocycles. The van der Waals surface area contributed by atoms with Gasteiger partial charge >= 0.3 is 5.97 Å². The van der Waals surface area contributed by atoms with Gasteiger partial charge < -0.3 is 9.84 Å². The molecule has 3 nitrogen and oxygen atoms in total. The van der Waals surface area contributed by atoms with E-state index in [2.05, 4.69) is 0 Å². The summed E-state index contributed by atoms with van der Waals surface area (Å²) in [6, 6.07) is 9.60. The number of hydrogen-bond donors (Lipinski definition) is 1. The Labute approximate surface area is 102 Å². The highest BCUT2D eigenvalue weighted by atomic mass is 16.5. The summed E-state index contributed by atoms with van der Waals surface area (Å²) < 4.78 is 5.15. The second-order valence-corrected chi connectivity index (χ2v) is 4.97. The molecule has 0 aromatic heterocycles. The summed E-state index contributed by atoms with van der Waals surface area (Å²) in [5.41, 5.74) is 0.772. The van der Waals surface area contributed by atoms with Gasteiger partial charge in [-0.15, -0.1) is 0 Å². The molecular formula is C14H20O3. The van der Waals surface area contributed by atoms with Crippen LogP contribution in [0.2, 0.25) is 0 Å². The zero-order valence-corrected chi connectivity index (χ0v) is 10.5. The standard InChI is InChI=1S/C14H20O3/c1-14(2,11-15)9-8-13(16)17-10-12-6-4-3-5-7-12/h3-7,15H,8-11H2,1-2H3. The van der Waals surface area contributed by atoms with Crippen molar-refractivity contribution in [2.45, 2.75) is 33.3 Å². The monoisotopic (exact) mass is 236 g/mol. The fraction of sp³-hybridized carbons (Fsp3) is 0.500. The number of rotatable bonds is 6. The van der Waals surface area contributed by atoms with Gasteiger partial charge in [-0.1, -0.05) is 44.2 Å². The quantitative estimate of drug-likeness (QED) is 0.772. The number of esters is 1. The van der Waals surface area contributed by atoms with E-state index in [4.69, 9.17) is 9.84 Å². The molecule has 0 amide bonds. The van der Waals surface area contributed by atoms with Crippen molar-refractivity contribution < 1.29 is 14.6 Å². The summed E-state index contributed by atoms with van der Waals surface area (Å²) in [4.78, 5) is 11.5. The van der Waals surface area contributed by atoms with Gasteiger partial charge in [0, 0.05) is 13.0 Å². The zero-order valence-electron chi connectivity index (χ0n) is 10.5. The van der Waals surface area contributed by atoms with Crippen LogP contribution in [-0.4, -0.2) is 17.7 Å². The minimum atomic E-state index is -0.217. The predicted molar refractivity (Wildman–Crippen MR) is 66.3 cm³/mol. The molecule has 0 saturated carbocycles. The SMILES string of the molecule is CC(C)(CO)CCC(=O)OCc1ccccc1. The Hall–Kier alpha value is -1.35. The summed E-state index contributed by atoms with van der Waals surface area (Å²) in [5.74, 6) is -0.213. The van der Waals surface area contributed by atoms with Crippen molar-refractivity contribution in [1.82, 2.24) is 0 Å². The van der Waals surface area contributed by atoms with Crippen LogP contribution in [0, 0.1) is 5.41 Å². The summed E-state index contributed by atoms with van der Waals surface area (Å²) in [6.45, 7) is 4.26. The molecule has 0 heterocycles. The van der Waals surface area contributed by atoms with Crippen LogP contribution in [0.25, 0.3) is 0 Å². The summed E-state index contributed by atoms with van der Waals surface area (Å²) in [6.07, 6.45) is 0.984. The van der Waals surface area contributed by atoms with Gasteiger partial charge in [-0.25, -0.2) is 0 Å². The Morgan fingerprint density at radius 2 is 1.94 bits per heavy atom. The molecule has 0 atom stereocenters. The topological polar surface area (TPSA) is 46.5 Å². The van der Waals surface area contributed by atoms with E-state index in [-0.39, 0.29) is 18.0 Å². The number of benzene rings is 1. The number of aliphatic hydroxyl groups is 1. The fourth-order valence-electron chi connectivity index (χ4n) is 1.33. The van der Waals surface area contributed by atoms with E-state index in [0.29, 0.717) is 19.4 Å². The molecule has 0 aliphatic rings. The van der Waals surface area contributed by atoms with Gasteiger partial charge in [-0.3, -0.25) is 4.79 Å². The minimum Gasteiger partial charge on any atom is -0.461 e. The molecule has 1 aromatic rings. The van der Waals surface area contributed by atoms with Crippen molar-refractivity contribution in [3.63, 3.8) is 0 Å². The van der Waals surface area contributed by atoms with Crippen molar-refractivity contribution in [2.75, 3.05) is 6.61 Å². The molecule has 0 bridgehead atoms. The van der Waals surface area contributed by atoms with Crippen LogP contribution < -0.4 is 0 Å². The zero-order chi connectivity index (χ0) is 12.7. The lowest BCUT2D eigenvalue weighted by atomic mass is 9.89. The van der Waals surface area contributed by atoms with Gasteiger partial charge in [0.15, 0.2) is 0 Å². The molecule has 94 valence electrons. The van der Waals surface area contributed by atoms with E-state index in [1.165, 1.54) is 0 Å². The first kappa shape index (κ1) is 13.7. The van der Waals surface area contributed by atoms with Crippen LogP contribution >= 0.6 is 0 Å². The average Bonchev–Trinajstić information content (AvgIpc) is 2.35. The molecule has 0 radical (unpaired) electrons. The molecule has 0 fully saturated rings. The van der Waals surface area contributed by atoms with Crippen molar-refractivity contribution in [1.29, 1.82) is 0 Å². The van der Waals surface area contributed by atoms with Gasteiger partial charge in [-0.2, -0.15) is 0 Å². The lowest BCUT2D eigenvalue weighted by molar-refractivity contribution is -0.145. The summed E-state index contributed by atoms with van der Waals surface area (Å²) in [7, 11) is 0. The Bertz CT molecular complexity index is 344. The molecule has 1 N–H and O–H groups in total. The Morgan fingerprint density at radius 1 is 1.29 bits per heavy atom. The first-order chi connectivity index (χ1) is 8.03. The second-order valence-electron chi connectivity index (χ2n) is 4.97. The first-order valence-electron chi connectivity index (χ1n) is 5.84. The van der Waals surface area contributed by atoms with Crippen LogP contribution in [0.1, 0.15) is 32.3 Å². The number of carbonyl (C=O) groups is 1. The molecule has 1 rings (SSSR count). The van der Waals surface area contributed by atoms with Crippen LogP contribution in [0.5, 0.6) is 0 Å². The van der Waals surface area contributed by atoms with Crippen LogP contribution in [0.15, 0.2) is 30.3 Å². The van der Waals surface area contributed by atoms with Gasteiger partial charge in [-0.05, 0) is 17.4 Å². The molecule has 3 heteroatoms. The maximum Gasteiger partial charge on any atom is 0.306 e. The number of ether oxygens (including phenoxy) is 1. The van der Waals surface area contributed by atoms with E-state index in [9.17, 15) is 4.79 Å². The van der Waals surface area contributed by atoms with E-state index in [0.717, 1.165) is 5.56 Å². The molecule has 0 aliphatic carbocycles. The number of carbonyl (C=O) groups excluding carboxylic acids is 1. The molecule has 0 unspecified atom stereocenters. The number of aliphatic hydroxyl groups excluding tert-OH is 1. The van der Waals surface area contributed by atoms with Crippen molar-refractivity contribution in [2.24, 2.45) is 5.41 Å². The smallest absolute Gasteiger partial charge is 0.306 e. The highest BCUT2D eigenvalue weighted by Gasteiger charge is 2.18. The van der Waals surface area contributed by atoms with Crippen molar-refractivity contribution >= 4 is 5.97 Å². The van der Waals surface area contributed by atoms with Crippen LogP contribution in [-0.2, 0) is 16.1 Å². The highest BCUT2D eigenvalue weighted by Crippen LogP contribution is 2.21. The lowest BCUT2D eigenvalue weighted by Gasteiger charge is -2.20. The molecule has 17 heavy (non-hydrogen) atoms. The second kappa shape index (κ2) is 6.40. The third-order valence-electron chi connectivity index (χ3n) is 2.68. The summed E-state index contributed by atoms with van der Waals surface area (Å²) >= 11 is 0. The van der Waals surface area contributed by atoms with E-state index < -0.39 is 0 Å². The maximum atomic E-state index is 11.5. The van der Waals surface area contributed by atoms with Crippen molar-refractivity contribution in [3.8, 4) is 0 Å². The molecular weight excluding hydrogens is 216 g/mol. The van der Waals surface area contributed by atoms with E-state index in [1.807, 2.05) is 44.2 Å². The molecule has 0 aliphatic heterocycles. The van der Waals surface area contributed by atoms with Gasteiger partial charge in [0.25, 0.3) is 0 Å². The third kappa shape index (κ3) is 5.50. The minimum absolute atomic E-state index is 0.0823. The third-order valence-corrected chi connectivity index (χ3v) is 2.68. The lowest BCUT2D eigenvalue weighted by Crippen LogP contribution is -2.18. The summed E-state index contributed by atoms with van der Waals surface area (Å²) in [5, 5.41) is 9.06. The fourth-order valence-corrected chi connectivity index (χ4v) is 1.33. The maximum absolute atomic E-state index is 11.5. The number of hydrogen-bond acceptors (Lipinski definition) is 3. The van der Waals surface area contributed by atoms with Gasteiger partial charge in [0.05, 0.1) is 0 Å². The average molecular weight is 236 g/mol. The van der Waals surface area contributed by atoms with E-state index >= 15 is 0 Å². The highest BCUT2D eigenvalue weighted by molar-refractivity contribution is 5.69. The van der Waals surface area contributed by atoms with E-state index in [1.54, 1.807) is 0 Å². The predicted octanol–water partition coefficient (Wildman–Crippen LogP) is 2.53. The van der Waals surface area contributed by atoms with Crippen LogP contribution in [0.4, 0.5) is 0 Å².